The van der Waals surface area contributed by atoms with Gasteiger partial charge in [0.2, 0.25) is 0 Å². The number of ether oxygens (including phenoxy) is 5. The monoisotopic (exact) mass is 1050 g/mol. The van der Waals surface area contributed by atoms with Crippen molar-refractivity contribution in [2.45, 2.75) is 125 Å². The van der Waals surface area contributed by atoms with Gasteiger partial charge in [0.05, 0.1) is 13.2 Å². The van der Waals surface area contributed by atoms with E-state index in [1.54, 1.807) is 14.1 Å². The van der Waals surface area contributed by atoms with Crippen molar-refractivity contribution in [2.24, 2.45) is 15.7 Å². The van der Waals surface area contributed by atoms with Crippen LogP contribution in [0.15, 0.2) is 9.98 Å². The second-order valence-corrected chi connectivity index (χ2v) is 8.42. The van der Waals surface area contributed by atoms with Crippen molar-refractivity contribution in [1.82, 2.24) is 0 Å². The summed E-state index contributed by atoms with van der Waals surface area (Å²) in [6.07, 6.45) is -3.34. The van der Waals surface area contributed by atoms with Gasteiger partial charge in [0.15, 0.2) is 12.6 Å². The van der Waals surface area contributed by atoms with E-state index in [4.69, 9.17) is 51.7 Å². The van der Waals surface area contributed by atoms with Crippen molar-refractivity contribution in [1.29, 1.82) is 0 Å². The first kappa shape index (κ1) is 104. The van der Waals surface area contributed by atoms with Crippen LogP contribution in [0.3, 0.4) is 0 Å². The number of aliphatic imine (C=N–C) groups is 2. The van der Waals surface area contributed by atoms with E-state index in [0.29, 0.717) is 0 Å². The molecule has 2 fully saturated rings. The molecule has 0 aromatic rings. The highest BCUT2D eigenvalue weighted by molar-refractivity contribution is 6.17. The van der Waals surface area contributed by atoms with E-state index in [0.717, 1.165) is 18.0 Å². The summed E-state index contributed by atoms with van der Waals surface area (Å²) in [7, 11) is 7.33. The molecule has 8 N–H and O–H groups in total. The number of halogens is 8. The minimum atomic E-state index is -1.56. The average molecular weight is 1060 g/mol. The van der Waals surface area contributed by atoms with Gasteiger partial charge in [-0.15, -0.1) is 92.8 Å². The van der Waals surface area contributed by atoms with Gasteiger partial charge in [0, 0.05) is 78.4 Å². The van der Waals surface area contributed by atoms with Crippen LogP contribution in [0.4, 0.5) is 0 Å². The molecule has 2 aliphatic heterocycles. The van der Waals surface area contributed by atoms with Crippen LogP contribution >= 0.6 is 92.8 Å². The van der Waals surface area contributed by atoms with E-state index < -0.39 is 74.6 Å². The first-order valence-electron chi connectivity index (χ1n) is 17.0. The molecule has 0 radical (unpaired) electrons. The van der Waals surface area contributed by atoms with Gasteiger partial charge in [-0.25, -0.2) is 0 Å². The number of carbonyl (C=O) groups excluding carboxylic acids is 1. The number of aldehydes is 1. The van der Waals surface area contributed by atoms with E-state index in [-0.39, 0.29) is 14.9 Å². The lowest BCUT2D eigenvalue weighted by Crippen LogP contribution is -2.64. The molecular weight excluding hydrogens is 962 g/mol. The fraction of sp³-hybridized carbons (Fsp3) is 0.919. The van der Waals surface area contributed by atoms with Crippen molar-refractivity contribution in [3.8, 4) is 0 Å². The Morgan fingerprint density at radius 2 is 0.800 bits per heavy atom. The lowest BCUT2D eigenvalue weighted by molar-refractivity contribution is -0.358. The molecule has 0 aromatic heterocycles. The number of aliphatic hydroxyl groups is 6. The van der Waals surface area contributed by atoms with Crippen molar-refractivity contribution in [3.63, 3.8) is 0 Å². The molecule has 60 heavy (non-hydrogen) atoms. The minimum Gasteiger partial charge on any atom is -0.394 e. The van der Waals surface area contributed by atoms with E-state index in [9.17, 15) is 30.6 Å². The summed E-state index contributed by atoms with van der Waals surface area (Å²) in [6, 6.07) is 0. The Morgan fingerprint density at radius 1 is 0.600 bits per heavy atom. The summed E-state index contributed by atoms with van der Waals surface area (Å²) in [5, 5.41) is 59.3. The Morgan fingerprint density at radius 3 is 1.02 bits per heavy atom. The van der Waals surface area contributed by atoms with Crippen molar-refractivity contribution >= 4 is 113 Å². The maximum atomic E-state index is 10.2. The molecule has 10 atom stereocenters. The van der Waals surface area contributed by atoms with Crippen LogP contribution in [0.25, 0.3) is 0 Å². The molecule has 0 amide bonds. The standard InChI is InChI=1S/C14H26O11.2C2H5Cl.2C2H5N.C2H4O.2C2H6.6CH3Cl.CH5N.2CH4/c1-21-11-5(3-15)24-14(10(20)7(11)17)25-12-6(4-16)23-13(22-2)9(19)8(12)18;2*1-2-3;2*1-3-2;1-2-3;9*1-2;;/h5-20H,3-4H2,1-2H3;2*2H2,1H3;2*1H2,2H3;2H,1H3;2*1-2H3;6*1H3;2H2,1H3;2*1H4/t5?,6?,7-,8-,9-,10-,11-,12-,13+,14-;;;;;;;;;;;;;;;;/m1................/s1. The van der Waals surface area contributed by atoms with Gasteiger partial charge in [0.25, 0.3) is 0 Å². The number of nitrogens with two attached hydrogens (primary N) is 1. The van der Waals surface area contributed by atoms with E-state index in [1.165, 1.54) is 66.5 Å². The highest BCUT2D eigenvalue weighted by Crippen LogP contribution is 2.29. The Bertz CT molecular complexity index is 600. The Balaban J connectivity index is -0.0000000372. The lowest BCUT2D eigenvalue weighted by atomic mass is 9.97. The van der Waals surface area contributed by atoms with E-state index in [2.05, 4.69) is 98.8 Å². The van der Waals surface area contributed by atoms with Gasteiger partial charge >= 0.3 is 0 Å². The number of aliphatic hydroxyl groups excluding tert-OH is 6. The molecule has 23 heteroatoms. The van der Waals surface area contributed by atoms with Gasteiger partial charge in [-0.05, 0) is 27.4 Å². The van der Waals surface area contributed by atoms with Gasteiger partial charge in [-0.1, -0.05) is 56.4 Å². The van der Waals surface area contributed by atoms with Crippen LogP contribution in [-0.4, -0.2) is 210 Å². The number of alkyl halides is 8. The average Bonchev–Trinajstić information content (AvgIpc) is 3.29. The normalized spacial score (nSPS) is 22.4. The highest BCUT2D eigenvalue weighted by Gasteiger charge is 2.50. The maximum absolute atomic E-state index is 10.2. The molecule has 15 nitrogen and oxygen atoms in total. The second-order valence-electron chi connectivity index (χ2n) is 7.35. The largest absolute Gasteiger partial charge is 0.394 e. The summed E-state index contributed by atoms with van der Waals surface area (Å²) < 4.78 is 26.0. The highest BCUT2D eigenvalue weighted by atomic mass is 35.5. The van der Waals surface area contributed by atoms with Crippen molar-refractivity contribution in [2.75, 3.05) is 98.6 Å². The zero-order chi connectivity index (χ0) is 50.3. The third-order valence-electron chi connectivity index (χ3n) is 4.44. The predicted molar refractivity (Wildman–Crippen MR) is 271 cm³/mol. The van der Waals surface area contributed by atoms with Gasteiger partial charge in [0.1, 0.15) is 55.1 Å². The Hall–Kier alpha value is 0.850. The summed E-state index contributed by atoms with van der Waals surface area (Å²) in [5.41, 5.74) is 4.50. The number of rotatable bonds is 6. The molecule has 2 saturated heterocycles. The van der Waals surface area contributed by atoms with E-state index >= 15 is 0 Å². The smallest absolute Gasteiger partial charge is 0.187 e. The molecular formula is C37H93Cl8N3O12. The molecule has 384 valence electrons. The van der Waals surface area contributed by atoms with Gasteiger partial charge in [-0.3, -0.25) is 0 Å². The van der Waals surface area contributed by atoms with Gasteiger partial charge < -0.3 is 74.8 Å². The van der Waals surface area contributed by atoms with Crippen LogP contribution in [0, 0.1) is 0 Å². The quantitative estimate of drug-likeness (QED) is 0.0789. The summed E-state index contributed by atoms with van der Waals surface area (Å²) in [6.45, 7) is 18.4. The SMILES string of the molecule is C.C.C=NC.C=NC.CC.CC.CC=O.CCCl.CCCl.CCl.CCl.CCl.CCl.CCl.CCl.CN.CO[C@H]1OC(CO)[C@@H](O[C@H]2OC(CO)[C@@H](OC)[C@H](O)[C@H]2O)[C@H](O)[C@H]1O. The molecule has 0 aromatic carbocycles. The summed E-state index contributed by atoms with van der Waals surface area (Å²) in [4.78, 5) is 15.3. The number of methoxy groups -OCH3 is 2. The Labute approximate surface area is 408 Å². The predicted octanol–water partition coefficient (Wildman–Crippen LogP) is 7.27. The number of hydrogen-bond acceptors (Lipinski definition) is 15. The molecule has 2 rings (SSSR count). The molecule has 2 heterocycles. The molecule has 2 aliphatic rings. The van der Waals surface area contributed by atoms with Crippen LogP contribution in [0.5, 0.6) is 0 Å². The van der Waals surface area contributed by atoms with Crippen LogP contribution in [-0.2, 0) is 28.5 Å². The third-order valence-corrected chi connectivity index (χ3v) is 4.44. The maximum Gasteiger partial charge on any atom is 0.187 e. The topological polar surface area (TPSA) is 235 Å². The number of hydrogen-bond donors (Lipinski definition) is 7. The molecule has 0 bridgehead atoms. The summed E-state index contributed by atoms with van der Waals surface area (Å²) in [5.74, 6) is 1.44. The molecule has 2 unspecified atom stereocenters. The number of nitrogens with zero attached hydrogens (tertiary/aromatic N) is 2. The lowest BCUT2D eigenvalue weighted by Gasteiger charge is -2.46. The Kier molecular flexibility index (Phi) is 195. The van der Waals surface area contributed by atoms with Gasteiger partial charge in [-0.2, -0.15) is 0 Å². The second kappa shape index (κ2) is 113. The molecule has 0 saturated carbocycles. The molecule has 0 spiro atoms. The number of carbonyl (C=O) groups is 1. The third kappa shape index (κ3) is 70.5. The first-order chi connectivity index (χ1) is 28.0. The van der Waals surface area contributed by atoms with Crippen LogP contribution in [0.2, 0.25) is 0 Å². The van der Waals surface area contributed by atoms with Crippen LogP contribution in [0.1, 0.15) is 63.3 Å². The zero-order valence-corrected chi connectivity index (χ0v) is 44.3. The minimum absolute atomic E-state index is 0. The van der Waals surface area contributed by atoms with E-state index in [1.807, 2.05) is 41.5 Å². The van der Waals surface area contributed by atoms with Crippen molar-refractivity contribution in [3.05, 3.63) is 0 Å². The molecule has 0 aliphatic carbocycles. The van der Waals surface area contributed by atoms with Crippen LogP contribution < -0.4 is 5.73 Å². The fourth-order valence-corrected chi connectivity index (χ4v) is 3.03. The zero-order valence-electron chi connectivity index (χ0n) is 38.2. The van der Waals surface area contributed by atoms with Crippen molar-refractivity contribution < 1.29 is 59.1 Å². The fourth-order valence-electron chi connectivity index (χ4n) is 3.03. The summed E-state index contributed by atoms with van der Waals surface area (Å²) >= 11 is 37.8. The first-order valence-corrected chi connectivity index (χ1v) is 22.6.